The number of hydrogen-bond acceptors (Lipinski definition) is 5. The van der Waals surface area contributed by atoms with Crippen molar-refractivity contribution < 1.29 is 18.8 Å². The van der Waals surface area contributed by atoms with Gasteiger partial charge in [-0.15, -0.1) is 0 Å². The van der Waals surface area contributed by atoms with Crippen LogP contribution in [-0.4, -0.2) is 64.6 Å². The van der Waals surface area contributed by atoms with Gasteiger partial charge in [0.2, 0.25) is 5.95 Å². The Balaban J connectivity index is 1.69. The molecule has 1 N–H and O–H groups in total. The number of allylic oxidation sites excluding steroid dienone is 1. The largest absolute Gasteiger partial charge is 0.500 e. The van der Waals surface area contributed by atoms with Crippen molar-refractivity contribution in [3.63, 3.8) is 0 Å². The number of anilines is 1. The maximum Gasteiger partial charge on any atom is 0.258 e. The van der Waals surface area contributed by atoms with Gasteiger partial charge in [0.25, 0.3) is 5.91 Å². The van der Waals surface area contributed by atoms with E-state index in [1.165, 1.54) is 0 Å². The number of fused-ring (bicyclic) bond motifs is 1. The molecule has 0 bridgehead atoms. The normalized spacial score (nSPS) is 14.2. The number of aromatic nitrogens is 3. The quantitative estimate of drug-likeness (QED) is 0.542. The molecule has 34 heavy (non-hydrogen) atoms. The van der Waals surface area contributed by atoms with Crippen molar-refractivity contribution in [1.82, 2.24) is 14.5 Å². The van der Waals surface area contributed by atoms with E-state index in [0.717, 1.165) is 64.5 Å². The molecule has 4 rings (SSSR count). The number of carbonyl (C=O) groups excluding carboxylic acids is 1. The van der Waals surface area contributed by atoms with E-state index in [4.69, 9.17) is 14.5 Å². The fourth-order valence-corrected chi connectivity index (χ4v) is 4.42. The topological polar surface area (TPSA) is 81.3 Å². The van der Waals surface area contributed by atoms with E-state index in [2.05, 4.69) is 27.9 Å². The zero-order valence-corrected chi connectivity index (χ0v) is 20.7. The van der Waals surface area contributed by atoms with Crippen LogP contribution in [0.25, 0.3) is 16.6 Å². The molecular formula is C26H32N5O3+. The first-order chi connectivity index (χ1) is 16.3. The molecule has 2 aromatic heterocycles. The molecule has 1 aliphatic heterocycles. The lowest BCUT2D eigenvalue weighted by atomic mass is 9.98. The van der Waals surface area contributed by atoms with Crippen LogP contribution in [0, 0.1) is 13.8 Å². The second-order valence-corrected chi connectivity index (χ2v) is 8.64. The molecule has 1 amide bonds. The summed E-state index contributed by atoms with van der Waals surface area (Å²) >= 11 is 0. The summed E-state index contributed by atoms with van der Waals surface area (Å²) in [6.07, 6.45) is 0.767. The van der Waals surface area contributed by atoms with E-state index in [9.17, 15) is 4.79 Å². The molecule has 0 radical (unpaired) electrons. The summed E-state index contributed by atoms with van der Waals surface area (Å²) in [6, 6.07) is 9.65. The molecule has 0 fully saturated rings. The van der Waals surface area contributed by atoms with Crippen LogP contribution >= 0.6 is 0 Å². The first-order valence-corrected chi connectivity index (χ1v) is 11.4. The molecule has 0 atom stereocenters. The number of imidazole rings is 1. The third kappa shape index (κ3) is 4.59. The fraction of sp³-hybridized carbons (Fsp3) is 0.385. The molecular weight excluding hydrogens is 430 g/mol. The Hall–Kier alpha value is -3.52. The van der Waals surface area contributed by atoms with Gasteiger partial charge in [0.1, 0.15) is 24.5 Å². The van der Waals surface area contributed by atoms with Crippen molar-refractivity contribution in [2.24, 2.45) is 7.05 Å². The number of nitrogens with one attached hydrogen (secondary N) is 1. The van der Waals surface area contributed by atoms with Gasteiger partial charge in [-0.2, -0.15) is 0 Å². The van der Waals surface area contributed by atoms with Crippen LogP contribution in [0.1, 0.15) is 40.7 Å². The Morgan fingerprint density at radius 1 is 1.15 bits per heavy atom. The Kier molecular flexibility index (Phi) is 6.79. The number of ether oxygens (including phenoxy) is 2. The molecule has 1 aromatic carbocycles. The summed E-state index contributed by atoms with van der Waals surface area (Å²) < 4.78 is 15.2. The number of pyridine rings is 1. The van der Waals surface area contributed by atoms with E-state index in [-0.39, 0.29) is 5.91 Å². The second-order valence-electron chi connectivity index (χ2n) is 8.64. The maximum absolute atomic E-state index is 13.3. The van der Waals surface area contributed by atoms with Gasteiger partial charge in [0, 0.05) is 32.3 Å². The highest BCUT2D eigenvalue weighted by atomic mass is 16.5. The van der Waals surface area contributed by atoms with Crippen LogP contribution in [0.15, 0.2) is 36.1 Å². The van der Waals surface area contributed by atoms with Crippen LogP contribution < -0.4 is 5.32 Å². The van der Waals surface area contributed by atoms with Gasteiger partial charge < -0.3 is 14.0 Å². The number of hydrogen-bond donors (Lipinski definition) is 1. The predicted molar refractivity (Wildman–Crippen MR) is 133 cm³/mol. The monoisotopic (exact) mass is 462 g/mol. The number of carbonyl (C=O) groups is 1. The summed E-state index contributed by atoms with van der Waals surface area (Å²) in [5, 5.41) is 2.97. The summed E-state index contributed by atoms with van der Waals surface area (Å²) in [5.41, 5.74) is 6.96. The van der Waals surface area contributed by atoms with Crippen molar-refractivity contribution in [2.75, 3.05) is 39.2 Å². The Labute approximate surface area is 199 Å². The first kappa shape index (κ1) is 23.6. The smallest absolute Gasteiger partial charge is 0.258 e. The van der Waals surface area contributed by atoms with Crippen LogP contribution in [-0.2, 0) is 16.5 Å². The summed E-state index contributed by atoms with van der Waals surface area (Å²) in [5.74, 6) is 1.15. The zero-order chi connectivity index (χ0) is 24.4. The predicted octanol–water partition coefficient (Wildman–Crippen LogP) is 3.72. The van der Waals surface area contributed by atoms with E-state index >= 15 is 0 Å². The molecule has 3 aromatic rings. The van der Waals surface area contributed by atoms with Crippen LogP contribution in [0.4, 0.5) is 5.95 Å². The molecule has 0 saturated carbocycles. The minimum Gasteiger partial charge on any atom is -0.500 e. The van der Waals surface area contributed by atoms with Gasteiger partial charge >= 0.3 is 0 Å². The lowest BCUT2D eigenvalue weighted by Crippen LogP contribution is -2.30. The number of nitrogens with zero attached hydrogens (tertiary/aromatic N) is 4. The average Bonchev–Trinajstić information content (AvgIpc) is 3.12. The molecule has 8 heteroatoms. The highest BCUT2D eigenvalue weighted by Crippen LogP contribution is 2.27. The number of amides is 1. The molecule has 0 unspecified atom stereocenters. The third-order valence-electron chi connectivity index (χ3n) is 6.27. The SMILES string of the molecule is COCC[N+]1=C(C)C(c2cc(C(=O)Nc3nc4ccc(C)cc4n3C)cc(C)n2)=C(OC)CC1. The van der Waals surface area contributed by atoms with Gasteiger partial charge in [-0.25, -0.2) is 9.56 Å². The first-order valence-electron chi connectivity index (χ1n) is 11.4. The summed E-state index contributed by atoms with van der Waals surface area (Å²) in [4.78, 5) is 22.6. The highest BCUT2D eigenvalue weighted by Gasteiger charge is 2.28. The van der Waals surface area contributed by atoms with Crippen molar-refractivity contribution in [1.29, 1.82) is 0 Å². The van der Waals surface area contributed by atoms with Crippen LogP contribution in [0.2, 0.25) is 0 Å². The molecule has 0 spiro atoms. The Morgan fingerprint density at radius 2 is 1.94 bits per heavy atom. The minimum atomic E-state index is -0.230. The van der Waals surface area contributed by atoms with Crippen molar-refractivity contribution in [3.05, 3.63) is 58.6 Å². The Bertz CT molecular complexity index is 1320. The summed E-state index contributed by atoms with van der Waals surface area (Å²) in [7, 11) is 5.29. The van der Waals surface area contributed by atoms with Gasteiger partial charge in [-0.3, -0.25) is 15.1 Å². The molecule has 1 aliphatic rings. The number of methoxy groups -OCH3 is 2. The van der Waals surface area contributed by atoms with Gasteiger partial charge in [-0.05, 0) is 43.7 Å². The average molecular weight is 463 g/mol. The lowest BCUT2D eigenvalue weighted by molar-refractivity contribution is -0.530. The van der Waals surface area contributed by atoms with Crippen molar-refractivity contribution >= 4 is 34.2 Å². The molecule has 3 heterocycles. The molecule has 0 aliphatic carbocycles. The second kappa shape index (κ2) is 9.77. The van der Waals surface area contributed by atoms with Crippen LogP contribution in [0.5, 0.6) is 0 Å². The van der Waals surface area contributed by atoms with E-state index in [1.807, 2.05) is 43.7 Å². The van der Waals surface area contributed by atoms with E-state index in [0.29, 0.717) is 18.1 Å². The zero-order valence-electron chi connectivity index (χ0n) is 20.7. The van der Waals surface area contributed by atoms with E-state index < -0.39 is 0 Å². The van der Waals surface area contributed by atoms with Gasteiger partial charge in [-0.1, -0.05) is 6.07 Å². The maximum atomic E-state index is 13.3. The van der Waals surface area contributed by atoms with E-state index in [1.54, 1.807) is 20.3 Å². The number of benzene rings is 1. The van der Waals surface area contributed by atoms with Crippen molar-refractivity contribution in [2.45, 2.75) is 27.2 Å². The summed E-state index contributed by atoms with van der Waals surface area (Å²) in [6.45, 7) is 8.27. The van der Waals surface area contributed by atoms with Crippen LogP contribution in [0.3, 0.4) is 0 Å². The fourth-order valence-electron chi connectivity index (χ4n) is 4.42. The third-order valence-corrected chi connectivity index (χ3v) is 6.27. The van der Waals surface area contributed by atoms with Gasteiger partial charge in [0.05, 0.1) is 30.3 Å². The van der Waals surface area contributed by atoms with Crippen molar-refractivity contribution in [3.8, 4) is 0 Å². The Morgan fingerprint density at radius 3 is 2.68 bits per heavy atom. The van der Waals surface area contributed by atoms with Gasteiger partial charge in [0.15, 0.2) is 12.3 Å². The minimum absolute atomic E-state index is 0.230. The number of aryl methyl sites for hydroxylation is 3. The molecule has 0 saturated heterocycles. The molecule has 178 valence electrons. The number of rotatable bonds is 7. The molecule has 8 nitrogen and oxygen atoms in total. The highest BCUT2D eigenvalue weighted by molar-refractivity contribution is 6.21. The lowest BCUT2D eigenvalue weighted by Gasteiger charge is -2.20. The standard InChI is InChI=1S/C26H31N5O3/c1-16-7-8-20-22(13-16)30(4)26(28-20)29-25(32)19-14-17(2)27-21(15-19)24-18(3)31(11-12-33-5)10-9-23(24)34-6/h7-8,13-15H,9-12H2,1-6H3/p+1.